The normalized spacial score (nSPS) is 11.7. The van der Waals surface area contributed by atoms with Crippen molar-refractivity contribution in [3.05, 3.63) is 45.7 Å². The van der Waals surface area contributed by atoms with Crippen LogP contribution in [-0.4, -0.2) is 20.9 Å². The summed E-state index contributed by atoms with van der Waals surface area (Å²) in [4.78, 5) is 10.9. The fraction of sp³-hybridized carbons (Fsp3) is 0.231. The highest BCUT2D eigenvalue weighted by atomic mass is 35.5. The van der Waals surface area contributed by atoms with Crippen LogP contribution in [0.15, 0.2) is 18.2 Å². The van der Waals surface area contributed by atoms with Crippen LogP contribution in [0.1, 0.15) is 27.3 Å². The van der Waals surface area contributed by atoms with Crippen molar-refractivity contribution in [3.8, 4) is 5.69 Å². The topological polar surface area (TPSA) is 55.1 Å². The SMILES string of the molecule is Cc1nn(-c2ccc(C(=O)O)c(C(F)(F)F)c2)c(C)c1Cl. The van der Waals surface area contributed by atoms with E-state index < -0.39 is 23.3 Å². The van der Waals surface area contributed by atoms with E-state index >= 15 is 0 Å². The number of hydrogen-bond acceptors (Lipinski definition) is 2. The molecule has 1 aromatic carbocycles. The third-order valence-electron chi connectivity index (χ3n) is 2.99. The Morgan fingerprint density at radius 3 is 2.38 bits per heavy atom. The van der Waals surface area contributed by atoms with Crippen LogP contribution in [0, 0.1) is 13.8 Å². The maximum Gasteiger partial charge on any atom is 0.417 e. The van der Waals surface area contributed by atoms with Crippen LogP contribution in [0.5, 0.6) is 0 Å². The Labute approximate surface area is 122 Å². The van der Waals surface area contributed by atoms with E-state index in [2.05, 4.69) is 5.10 Å². The lowest BCUT2D eigenvalue weighted by Gasteiger charge is -2.13. The maximum absolute atomic E-state index is 13.0. The van der Waals surface area contributed by atoms with Crippen LogP contribution in [0.4, 0.5) is 13.2 Å². The average molecular weight is 319 g/mol. The second-order valence-electron chi connectivity index (χ2n) is 4.43. The van der Waals surface area contributed by atoms with E-state index in [1.165, 1.54) is 10.7 Å². The summed E-state index contributed by atoms with van der Waals surface area (Å²) in [6, 6.07) is 2.92. The number of aromatic nitrogens is 2. The quantitative estimate of drug-likeness (QED) is 0.914. The summed E-state index contributed by atoms with van der Waals surface area (Å²) < 4.78 is 40.2. The number of carboxylic acids is 1. The lowest BCUT2D eigenvalue weighted by atomic mass is 10.1. The van der Waals surface area contributed by atoms with E-state index in [4.69, 9.17) is 16.7 Å². The van der Waals surface area contributed by atoms with Gasteiger partial charge in [0.25, 0.3) is 0 Å². The minimum Gasteiger partial charge on any atom is -0.478 e. The highest BCUT2D eigenvalue weighted by Crippen LogP contribution is 2.34. The first-order valence-corrected chi connectivity index (χ1v) is 6.17. The molecule has 0 saturated heterocycles. The van der Waals surface area contributed by atoms with Crippen molar-refractivity contribution >= 4 is 17.6 Å². The van der Waals surface area contributed by atoms with Crippen molar-refractivity contribution < 1.29 is 23.1 Å². The molecular weight excluding hydrogens is 309 g/mol. The summed E-state index contributed by atoms with van der Waals surface area (Å²) in [7, 11) is 0. The van der Waals surface area contributed by atoms with Gasteiger partial charge in [-0.15, -0.1) is 0 Å². The van der Waals surface area contributed by atoms with Gasteiger partial charge >= 0.3 is 12.1 Å². The molecule has 8 heteroatoms. The number of aryl methyl sites for hydroxylation is 1. The second-order valence-corrected chi connectivity index (χ2v) is 4.81. The summed E-state index contributed by atoms with van der Waals surface area (Å²) >= 11 is 5.96. The second kappa shape index (κ2) is 5.07. The summed E-state index contributed by atoms with van der Waals surface area (Å²) in [5.41, 5.74) is -0.981. The van der Waals surface area contributed by atoms with Gasteiger partial charge in [0.15, 0.2) is 0 Å². The van der Waals surface area contributed by atoms with Crippen molar-refractivity contribution in [2.45, 2.75) is 20.0 Å². The molecule has 0 aliphatic rings. The van der Waals surface area contributed by atoms with Crippen LogP contribution < -0.4 is 0 Å². The molecule has 1 heterocycles. The molecule has 2 aromatic rings. The van der Waals surface area contributed by atoms with Gasteiger partial charge in [-0.2, -0.15) is 18.3 Å². The number of hydrogen-bond donors (Lipinski definition) is 1. The molecule has 0 fully saturated rings. The molecule has 112 valence electrons. The van der Waals surface area contributed by atoms with Gasteiger partial charge in [-0.25, -0.2) is 9.48 Å². The Kier molecular flexibility index (Phi) is 3.71. The Hall–Kier alpha value is -2.02. The largest absolute Gasteiger partial charge is 0.478 e. The number of rotatable bonds is 2. The Balaban J connectivity index is 2.67. The molecular formula is C13H10ClF3N2O2. The Bertz CT molecular complexity index is 723. The van der Waals surface area contributed by atoms with Crippen molar-refractivity contribution in [2.75, 3.05) is 0 Å². The molecule has 1 N–H and O–H groups in total. The smallest absolute Gasteiger partial charge is 0.417 e. The summed E-state index contributed by atoms with van der Waals surface area (Å²) in [5.74, 6) is -1.64. The van der Waals surface area contributed by atoms with Crippen molar-refractivity contribution in [1.82, 2.24) is 9.78 Å². The summed E-state index contributed by atoms with van der Waals surface area (Å²) in [6.07, 6.45) is -4.77. The minimum absolute atomic E-state index is 0.0971. The fourth-order valence-electron chi connectivity index (χ4n) is 1.96. The maximum atomic E-state index is 13.0. The first kappa shape index (κ1) is 15.4. The number of alkyl halides is 3. The van der Waals surface area contributed by atoms with Crippen LogP contribution in [0.2, 0.25) is 5.02 Å². The molecule has 0 atom stereocenters. The molecule has 0 aliphatic heterocycles. The number of carboxylic acid groups (broad SMARTS) is 1. The van der Waals surface area contributed by atoms with E-state index in [9.17, 15) is 18.0 Å². The van der Waals surface area contributed by atoms with Gasteiger partial charge in [0, 0.05) is 0 Å². The van der Waals surface area contributed by atoms with Gasteiger partial charge in [0.05, 0.1) is 33.2 Å². The summed E-state index contributed by atoms with van der Waals surface area (Å²) in [6.45, 7) is 3.24. The monoisotopic (exact) mass is 318 g/mol. The van der Waals surface area contributed by atoms with Crippen molar-refractivity contribution in [2.24, 2.45) is 0 Å². The van der Waals surface area contributed by atoms with E-state index in [1.54, 1.807) is 13.8 Å². The molecule has 0 spiro atoms. The lowest BCUT2D eigenvalue weighted by Crippen LogP contribution is -2.14. The average Bonchev–Trinajstić information content (AvgIpc) is 2.65. The predicted octanol–water partition coefficient (Wildman–Crippen LogP) is 3.86. The first-order valence-electron chi connectivity index (χ1n) is 5.79. The fourth-order valence-corrected chi connectivity index (χ4v) is 2.08. The molecule has 21 heavy (non-hydrogen) atoms. The third-order valence-corrected chi connectivity index (χ3v) is 3.53. The Morgan fingerprint density at radius 2 is 1.95 bits per heavy atom. The first-order chi connectivity index (χ1) is 9.62. The lowest BCUT2D eigenvalue weighted by molar-refractivity contribution is -0.138. The van der Waals surface area contributed by atoms with E-state index in [0.29, 0.717) is 16.4 Å². The number of halogens is 4. The Morgan fingerprint density at radius 1 is 1.33 bits per heavy atom. The van der Waals surface area contributed by atoms with Crippen LogP contribution >= 0.6 is 11.6 Å². The molecule has 0 saturated carbocycles. The zero-order chi connectivity index (χ0) is 15.9. The number of aromatic carboxylic acids is 1. The zero-order valence-electron chi connectivity index (χ0n) is 11.0. The van der Waals surface area contributed by atoms with Gasteiger partial charge in [-0.3, -0.25) is 0 Å². The van der Waals surface area contributed by atoms with Crippen LogP contribution in [-0.2, 0) is 6.18 Å². The van der Waals surface area contributed by atoms with Gasteiger partial charge < -0.3 is 5.11 Å². The molecule has 0 unspecified atom stereocenters. The van der Waals surface area contributed by atoms with E-state index in [1.807, 2.05) is 0 Å². The molecule has 4 nitrogen and oxygen atoms in total. The minimum atomic E-state index is -4.77. The molecule has 2 rings (SSSR count). The van der Waals surface area contributed by atoms with Gasteiger partial charge in [-0.1, -0.05) is 11.6 Å². The van der Waals surface area contributed by atoms with Crippen LogP contribution in [0.3, 0.4) is 0 Å². The van der Waals surface area contributed by atoms with Crippen LogP contribution in [0.25, 0.3) is 5.69 Å². The number of benzene rings is 1. The number of carbonyl (C=O) groups is 1. The predicted molar refractivity (Wildman–Crippen MR) is 70.0 cm³/mol. The zero-order valence-corrected chi connectivity index (χ0v) is 11.7. The molecule has 1 aromatic heterocycles. The highest BCUT2D eigenvalue weighted by Gasteiger charge is 2.35. The molecule has 0 amide bonds. The van der Waals surface area contributed by atoms with Gasteiger partial charge in [-0.05, 0) is 32.0 Å². The van der Waals surface area contributed by atoms with Gasteiger partial charge in [0.2, 0.25) is 0 Å². The van der Waals surface area contributed by atoms with Crippen molar-refractivity contribution in [1.29, 1.82) is 0 Å². The van der Waals surface area contributed by atoms with E-state index in [0.717, 1.165) is 12.1 Å². The standard InChI is InChI=1S/C13H10ClF3N2O2/c1-6-11(14)7(2)19(18-6)8-3-4-9(12(20)21)10(5-8)13(15,16)17/h3-5H,1-2H3,(H,20,21). The highest BCUT2D eigenvalue weighted by molar-refractivity contribution is 6.31. The molecule has 0 bridgehead atoms. The number of nitrogens with zero attached hydrogens (tertiary/aromatic N) is 2. The molecule has 0 aliphatic carbocycles. The third kappa shape index (κ3) is 2.73. The van der Waals surface area contributed by atoms with E-state index in [-0.39, 0.29) is 5.69 Å². The van der Waals surface area contributed by atoms with Crippen molar-refractivity contribution in [3.63, 3.8) is 0 Å². The summed E-state index contributed by atoms with van der Waals surface area (Å²) in [5, 5.41) is 13.3. The van der Waals surface area contributed by atoms with Gasteiger partial charge in [0.1, 0.15) is 0 Å². The molecule has 0 radical (unpaired) electrons.